The second-order valence-electron chi connectivity index (χ2n) is 4.54. The van der Waals surface area contributed by atoms with Gasteiger partial charge in [-0.05, 0) is 19.8 Å². The topological polar surface area (TPSA) is 63.4 Å². The fraction of sp³-hybridized carbons (Fsp3) is 0.818. The highest BCUT2D eigenvalue weighted by Gasteiger charge is 2.18. The van der Waals surface area contributed by atoms with Crippen LogP contribution in [-0.2, 0) is 9.59 Å². The Morgan fingerprint density at radius 1 is 1.27 bits per heavy atom. The molecule has 0 aromatic carbocycles. The van der Waals surface area contributed by atoms with Crippen molar-refractivity contribution in [2.24, 2.45) is 11.7 Å². The third-order valence-corrected chi connectivity index (χ3v) is 2.16. The Labute approximate surface area is 91.8 Å². The van der Waals surface area contributed by atoms with Crippen molar-refractivity contribution in [2.75, 3.05) is 13.1 Å². The van der Waals surface area contributed by atoms with Crippen LogP contribution in [0.3, 0.4) is 0 Å². The molecule has 0 fully saturated rings. The molecule has 88 valence electrons. The van der Waals surface area contributed by atoms with Crippen LogP contribution in [0.25, 0.3) is 0 Å². The predicted octanol–water partition coefficient (Wildman–Crippen LogP) is 0.797. The number of hydrogen-bond acceptors (Lipinski definition) is 3. The largest absolute Gasteiger partial charge is 0.369 e. The van der Waals surface area contributed by atoms with Crippen molar-refractivity contribution in [2.45, 2.75) is 40.2 Å². The summed E-state index contributed by atoms with van der Waals surface area (Å²) in [6.45, 7) is 8.69. The van der Waals surface area contributed by atoms with Crippen LogP contribution >= 0.6 is 0 Å². The number of rotatable bonds is 7. The lowest BCUT2D eigenvalue weighted by atomic mass is 10.1. The summed E-state index contributed by atoms with van der Waals surface area (Å²) in [5.74, 6) is 0.255. The maximum absolute atomic E-state index is 11.0. The second-order valence-corrected chi connectivity index (χ2v) is 4.54. The zero-order valence-electron chi connectivity index (χ0n) is 10.1. The third-order valence-electron chi connectivity index (χ3n) is 2.16. The molecule has 0 bridgehead atoms. The van der Waals surface area contributed by atoms with Crippen molar-refractivity contribution >= 4 is 11.7 Å². The van der Waals surface area contributed by atoms with Crippen molar-refractivity contribution in [3.05, 3.63) is 0 Å². The summed E-state index contributed by atoms with van der Waals surface area (Å²) >= 11 is 0. The lowest BCUT2D eigenvalue weighted by Crippen LogP contribution is -2.42. The fourth-order valence-corrected chi connectivity index (χ4v) is 1.61. The van der Waals surface area contributed by atoms with E-state index < -0.39 is 0 Å². The fourth-order valence-electron chi connectivity index (χ4n) is 1.61. The molecule has 1 atom stereocenters. The molecule has 0 saturated heterocycles. The normalized spacial score (nSPS) is 13.2. The number of carbonyl (C=O) groups excluding carboxylic acids is 2. The number of nitrogens with two attached hydrogens (primary N) is 1. The molecule has 0 saturated carbocycles. The molecule has 4 heteroatoms. The van der Waals surface area contributed by atoms with E-state index in [2.05, 4.69) is 13.8 Å². The summed E-state index contributed by atoms with van der Waals surface area (Å²) in [5, 5.41) is 0. The van der Waals surface area contributed by atoms with Crippen molar-refractivity contribution < 1.29 is 9.59 Å². The Morgan fingerprint density at radius 3 is 2.13 bits per heavy atom. The predicted molar refractivity (Wildman–Crippen MR) is 60.4 cm³/mol. The number of carbonyl (C=O) groups is 2. The van der Waals surface area contributed by atoms with Gasteiger partial charge in [0.05, 0.1) is 6.54 Å². The highest BCUT2D eigenvalue weighted by molar-refractivity contribution is 5.77. The lowest BCUT2D eigenvalue weighted by molar-refractivity contribution is -0.122. The minimum Gasteiger partial charge on any atom is -0.369 e. The van der Waals surface area contributed by atoms with Crippen LogP contribution in [0.2, 0.25) is 0 Å². The first-order valence-electron chi connectivity index (χ1n) is 5.34. The average molecular weight is 214 g/mol. The summed E-state index contributed by atoms with van der Waals surface area (Å²) in [5.41, 5.74) is 5.17. The molecule has 0 aliphatic heterocycles. The minimum absolute atomic E-state index is 0.0809. The van der Waals surface area contributed by atoms with Gasteiger partial charge in [-0.15, -0.1) is 0 Å². The Morgan fingerprint density at radius 2 is 1.80 bits per heavy atom. The van der Waals surface area contributed by atoms with Gasteiger partial charge in [-0.2, -0.15) is 0 Å². The first kappa shape index (κ1) is 14.1. The summed E-state index contributed by atoms with van der Waals surface area (Å²) in [4.78, 5) is 23.8. The number of Topliss-reactive ketones (excluding diaryl/α,β-unsaturated/α-hetero) is 1. The van der Waals surface area contributed by atoms with Crippen molar-refractivity contribution in [1.29, 1.82) is 0 Å². The van der Waals surface area contributed by atoms with E-state index in [1.165, 1.54) is 0 Å². The third kappa shape index (κ3) is 7.08. The van der Waals surface area contributed by atoms with E-state index in [-0.39, 0.29) is 24.3 Å². The molecule has 1 unspecified atom stereocenters. The maximum atomic E-state index is 11.0. The van der Waals surface area contributed by atoms with Crippen LogP contribution in [0.15, 0.2) is 0 Å². The van der Waals surface area contributed by atoms with Gasteiger partial charge in [0.15, 0.2) is 0 Å². The van der Waals surface area contributed by atoms with E-state index in [4.69, 9.17) is 5.73 Å². The van der Waals surface area contributed by atoms with E-state index >= 15 is 0 Å². The molecule has 0 heterocycles. The molecule has 0 aliphatic rings. The highest BCUT2D eigenvalue weighted by Crippen LogP contribution is 2.07. The smallest absolute Gasteiger partial charge is 0.231 e. The van der Waals surface area contributed by atoms with Crippen LogP contribution in [0, 0.1) is 5.92 Å². The Bertz CT molecular complexity index is 227. The molecule has 0 spiro atoms. The SMILES string of the molecule is CC(=O)CC(C)N(CC(N)=O)CC(C)C. The molecule has 0 rings (SSSR count). The first-order chi connectivity index (χ1) is 6.82. The molecule has 2 N–H and O–H groups in total. The van der Waals surface area contributed by atoms with Crippen molar-refractivity contribution in [1.82, 2.24) is 4.90 Å². The van der Waals surface area contributed by atoms with Gasteiger partial charge in [-0.3, -0.25) is 14.5 Å². The number of amides is 1. The Kier molecular flexibility index (Phi) is 6.17. The molecule has 15 heavy (non-hydrogen) atoms. The van der Waals surface area contributed by atoms with Crippen LogP contribution in [0.5, 0.6) is 0 Å². The van der Waals surface area contributed by atoms with Gasteiger partial charge in [-0.25, -0.2) is 0 Å². The zero-order valence-corrected chi connectivity index (χ0v) is 10.1. The molecule has 0 aliphatic carbocycles. The van der Waals surface area contributed by atoms with Crippen LogP contribution in [-0.4, -0.2) is 35.7 Å². The highest BCUT2D eigenvalue weighted by atomic mass is 16.1. The van der Waals surface area contributed by atoms with Gasteiger partial charge in [0, 0.05) is 19.0 Å². The second kappa shape index (κ2) is 6.56. The molecule has 4 nitrogen and oxygen atoms in total. The number of ketones is 1. The zero-order chi connectivity index (χ0) is 12.0. The van der Waals surface area contributed by atoms with Gasteiger partial charge in [-0.1, -0.05) is 13.8 Å². The van der Waals surface area contributed by atoms with E-state index in [9.17, 15) is 9.59 Å². The summed E-state index contributed by atoms with van der Waals surface area (Å²) < 4.78 is 0. The van der Waals surface area contributed by atoms with E-state index in [0.29, 0.717) is 12.3 Å². The molecular weight excluding hydrogens is 192 g/mol. The van der Waals surface area contributed by atoms with E-state index in [1.54, 1.807) is 6.92 Å². The molecule has 1 amide bonds. The van der Waals surface area contributed by atoms with Gasteiger partial charge in [0.25, 0.3) is 0 Å². The Balaban J connectivity index is 4.32. The summed E-state index contributed by atoms with van der Waals surface area (Å²) in [6.07, 6.45) is 0.472. The summed E-state index contributed by atoms with van der Waals surface area (Å²) in [6, 6.07) is 0.0809. The van der Waals surface area contributed by atoms with Crippen LogP contribution < -0.4 is 5.73 Å². The maximum Gasteiger partial charge on any atom is 0.231 e. The monoisotopic (exact) mass is 214 g/mol. The van der Waals surface area contributed by atoms with Crippen LogP contribution in [0.4, 0.5) is 0 Å². The minimum atomic E-state index is -0.342. The summed E-state index contributed by atoms with van der Waals surface area (Å²) in [7, 11) is 0. The molecular formula is C11H22N2O2. The van der Waals surface area contributed by atoms with Gasteiger partial charge >= 0.3 is 0 Å². The van der Waals surface area contributed by atoms with Crippen molar-refractivity contribution in [3.8, 4) is 0 Å². The lowest BCUT2D eigenvalue weighted by Gasteiger charge is -2.28. The standard InChI is InChI=1S/C11H22N2O2/c1-8(2)6-13(7-11(12)15)9(3)5-10(4)14/h8-9H,5-7H2,1-4H3,(H2,12,15). The van der Waals surface area contributed by atoms with Crippen LogP contribution in [0.1, 0.15) is 34.1 Å². The van der Waals surface area contributed by atoms with Gasteiger partial charge in [0.1, 0.15) is 5.78 Å². The number of primary amides is 1. The first-order valence-corrected chi connectivity index (χ1v) is 5.34. The van der Waals surface area contributed by atoms with E-state index in [1.807, 2.05) is 11.8 Å². The molecule has 0 radical (unpaired) electrons. The van der Waals surface area contributed by atoms with Gasteiger partial charge < -0.3 is 5.73 Å². The average Bonchev–Trinajstić information content (AvgIpc) is 1.99. The number of nitrogens with zero attached hydrogens (tertiary/aromatic N) is 1. The van der Waals surface area contributed by atoms with E-state index in [0.717, 1.165) is 6.54 Å². The Hall–Kier alpha value is -0.900. The van der Waals surface area contributed by atoms with Crippen molar-refractivity contribution in [3.63, 3.8) is 0 Å². The quantitative estimate of drug-likeness (QED) is 0.681. The molecule has 0 aromatic heterocycles. The van der Waals surface area contributed by atoms with Gasteiger partial charge in [0.2, 0.25) is 5.91 Å². The number of hydrogen-bond donors (Lipinski definition) is 1. The molecule has 0 aromatic rings.